The number of aromatic amines is 1. The average molecular weight is 416 g/mol. The predicted molar refractivity (Wildman–Crippen MR) is 106 cm³/mol. The van der Waals surface area contributed by atoms with E-state index in [1.165, 1.54) is 17.8 Å². The van der Waals surface area contributed by atoms with E-state index in [1.54, 1.807) is 6.07 Å². The number of pyridine rings is 1. The highest BCUT2D eigenvalue weighted by Gasteiger charge is 2.33. The van der Waals surface area contributed by atoms with Gasteiger partial charge in [0.15, 0.2) is 0 Å². The fraction of sp³-hybridized carbons (Fsp3) is 0.100. The first-order valence-corrected chi connectivity index (χ1v) is 9.54. The minimum Gasteiger partial charge on any atom is -0.457 e. The van der Waals surface area contributed by atoms with E-state index < -0.39 is 11.9 Å². The lowest BCUT2D eigenvalue weighted by molar-refractivity contribution is -0.141. The number of nitrogens with one attached hydrogen (secondary N) is 1. The first-order chi connectivity index (χ1) is 13.9. The number of nitrogens with zero attached hydrogens (tertiary/aromatic N) is 2. The maximum Gasteiger partial charge on any atom is 0.433 e. The molecule has 3 N–H and O–H groups in total. The Labute approximate surface area is 168 Å². The van der Waals surface area contributed by atoms with E-state index in [0.29, 0.717) is 33.5 Å². The average Bonchev–Trinajstić information content (AvgIpc) is 3.08. The van der Waals surface area contributed by atoms with E-state index in [1.807, 2.05) is 42.5 Å². The number of anilines is 1. The van der Waals surface area contributed by atoms with Crippen LogP contribution < -0.4 is 10.5 Å². The maximum absolute atomic E-state index is 12.9. The van der Waals surface area contributed by atoms with Gasteiger partial charge in [-0.2, -0.15) is 13.2 Å². The quantitative estimate of drug-likeness (QED) is 0.412. The number of para-hydroxylation sites is 1. The summed E-state index contributed by atoms with van der Waals surface area (Å²) < 4.78 is 44.5. The highest BCUT2D eigenvalue weighted by Crippen LogP contribution is 2.33. The fourth-order valence-corrected chi connectivity index (χ4v) is 3.54. The third kappa shape index (κ3) is 4.62. The summed E-state index contributed by atoms with van der Waals surface area (Å²) in [4.78, 5) is 11.4. The summed E-state index contributed by atoms with van der Waals surface area (Å²) in [5, 5.41) is 0. The lowest BCUT2D eigenvalue weighted by atomic mass is 10.3. The Kier molecular flexibility index (Phi) is 5.06. The van der Waals surface area contributed by atoms with Crippen molar-refractivity contribution in [2.45, 2.75) is 16.8 Å². The van der Waals surface area contributed by atoms with E-state index in [9.17, 15) is 13.2 Å². The van der Waals surface area contributed by atoms with Crippen molar-refractivity contribution in [3.8, 4) is 11.5 Å². The van der Waals surface area contributed by atoms with Crippen molar-refractivity contribution in [1.82, 2.24) is 15.0 Å². The van der Waals surface area contributed by atoms with Gasteiger partial charge in [0.05, 0.1) is 16.8 Å². The summed E-state index contributed by atoms with van der Waals surface area (Å²) in [5.41, 5.74) is 6.02. The molecule has 2 aromatic heterocycles. The monoisotopic (exact) mass is 416 g/mol. The molecule has 0 radical (unpaired) electrons. The number of imidazole rings is 1. The van der Waals surface area contributed by atoms with Crippen molar-refractivity contribution < 1.29 is 17.9 Å². The maximum atomic E-state index is 12.9. The largest absolute Gasteiger partial charge is 0.457 e. The molecule has 0 aliphatic carbocycles. The van der Waals surface area contributed by atoms with Crippen molar-refractivity contribution in [2.75, 3.05) is 5.73 Å². The molecule has 5 nitrogen and oxygen atoms in total. The van der Waals surface area contributed by atoms with Crippen molar-refractivity contribution >= 4 is 28.6 Å². The molecule has 29 heavy (non-hydrogen) atoms. The van der Waals surface area contributed by atoms with Crippen LogP contribution in [0.2, 0.25) is 0 Å². The van der Waals surface area contributed by atoms with Crippen molar-refractivity contribution in [3.63, 3.8) is 0 Å². The van der Waals surface area contributed by atoms with E-state index >= 15 is 0 Å². The Morgan fingerprint density at radius 1 is 0.966 bits per heavy atom. The van der Waals surface area contributed by atoms with Crippen LogP contribution in [0.4, 0.5) is 19.0 Å². The fourth-order valence-electron chi connectivity index (χ4n) is 2.70. The van der Waals surface area contributed by atoms with Crippen LogP contribution in [0.15, 0.2) is 65.6 Å². The number of rotatable bonds is 5. The summed E-state index contributed by atoms with van der Waals surface area (Å²) >= 11 is 1.20. The van der Waals surface area contributed by atoms with Crippen LogP contribution in [-0.2, 0) is 11.9 Å². The van der Waals surface area contributed by atoms with Crippen LogP contribution in [0.5, 0.6) is 11.5 Å². The summed E-state index contributed by atoms with van der Waals surface area (Å²) in [5.74, 6) is 2.17. The summed E-state index contributed by atoms with van der Waals surface area (Å²) in [6, 6.07) is 17.2. The second-order valence-corrected chi connectivity index (χ2v) is 7.23. The number of hydrogen-bond donors (Lipinski definition) is 2. The van der Waals surface area contributed by atoms with Crippen LogP contribution in [0.3, 0.4) is 0 Å². The molecule has 4 aromatic rings. The number of fused-ring (bicyclic) bond motifs is 1. The van der Waals surface area contributed by atoms with Gasteiger partial charge in [-0.15, -0.1) is 11.8 Å². The first-order valence-electron chi connectivity index (χ1n) is 8.56. The van der Waals surface area contributed by atoms with Gasteiger partial charge in [-0.1, -0.05) is 18.2 Å². The van der Waals surface area contributed by atoms with Crippen LogP contribution in [0.25, 0.3) is 11.0 Å². The van der Waals surface area contributed by atoms with E-state index in [0.717, 1.165) is 11.6 Å². The highest BCUT2D eigenvalue weighted by molar-refractivity contribution is 7.98. The molecule has 0 saturated carbocycles. The SMILES string of the molecule is Nc1cc(SCc2nc3cc(Oc4ccccc4)ccc3[nH]2)cc(C(F)(F)F)n1. The van der Waals surface area contributed by atoms with E-state index in [2.05, 4.69) is 15.0 Å². The minimum atomic E-state index is -4.54. The molecule has 0 unspecified atom stereocenters. The van der Waals surface area contributed by atoms with Crippen LogP contribution >= 0.6 is 11.8 Å². The number of benzene rings is 2. The first kappa shape index (κ1) is 19.1. The molecule has 9 heteroatoms. The second-order valence-electron chi connectivity index (χ2n) is 6.18. The molecule has 0 atom stereocenters. The third-order valence-corrected chi connectivity index (χ3v) is 4.95. The van der Waals surface area contributed by atoms with Crippen LogP contribution in [0, 0.1) is 0 Å². The van der Waals surface area contributed by atoms with Gasteiger partial charge < -0.3 is 15.5 Å². The molecule has 0 aliphatic rings. The summed E-state index contributed by atoms with van der Waals surface area (Å²) in [7, 11) is 0. The van der Waals surface area contributed by atoms with Gasteiger partial charge in [0.2, 0.25) is 0 Å². The summed E-state index contributed by atoms with van der Waals surface area (Å²) in [6.45, 7) is 0. The number of thioether (sulfide) groups is 1. The number of ether oxygens (including phenoxy) is 1. The van der Waals surface area contributed by atoms with Crippen molar-refractivity contribution in [2.24, 2.45) is 0 Å². The number of H-pyrrole nitrogens is 1. The van der Waals surface area contributed by atoms with E-state index in [4.69, 9.17) is 10.5 Å². The lowest BCUT2D eigenvalue weighted by Crippen LogP contribution is -2.09. The molecule has 0 bridgehead atoms. The van der Waals surface area contributed by atoms with Gasteiger partial charge in [0.25, 0.3) is 0 Å². The van der Waals surface area contributed by atoms with Gasteiger partial charge in [-0.25, -0.2) is 9.97 Å². The third-order valence-electron chi connectivity index (χ3n) is 3.97. The number of alkyl halides is 3. The zero-order chi connectivity index (χ0) is 20.4. The molecule has 0 aliphatic heterocycles. The summed E-state index contributed by atoms with van der Waals surface area (Å²) in [6.07, 6.45) is -4.54. The van der Waals surface area contributed by atoms with Gasteiger partial charge >= 0.3 is 6.18 Å². The molecule has 0 saturated heterocycles. The van der Waals surface area contributed by atoms with Crippen LogP contribution in [-0.4, -0.2) is 15.0 Å². The Morgan fingerprint density at radius 3 is 2.52 bits per heavy atom. The Morgan fingerprint density at radius 2 is 1.76 bits per heavy atom. The molecular weight excluding hydrogens is 401 g/mol. The minimum absolute atomic E-state index is 0.172. The number of aromatic nitrogens is 3. The topological polar surface area (TPSA) is 76.8 Å². The highest BCUT2D eigenvalue weighted by atomic mass is 32.2. The van der Waals surface area contributed by atoms with Gasteiger partial charge in [0, 0.05) is 11.0 Å². The zero-order valence-electron chi connectivity index (χ0n) is 14.9. The number of nitrogen functional groups attached to an aromatic ring is 1. The normalized spacial score (nSPS) is 11.7. The predicted octanol–water partition coefficient (Wildman–Crippen LogP) is 5.64. The van der Waals surface area contributed by atoms with Gasteiger partial charge in [0.1, 0.15) is 28.8 Å². The van der Waals surface area contributed by atoms with Gasteiger partial charge in [-0.05, 0) is 36.4 Å². The number of hydrogen-bond acceptors (Lipinski definition) is 5. The van der Waals surface area contributed by atoms with Crippen molar-refractivity contribution in [1.29, 1.82) is 0 Å². The molecular formula is C20H15F3N4OS. The van der Waals surface area contributed by atoms with Crippen molar-refractivity contribution in [3.05, 3.63) is 72.2 Å². The zero-order valence-corrected chi connectivity index (χ0v) is 15.7. The standard InChI is InChI=1S/C20H15F3N4OS/c21-20(22,23)17-9-14(10-18(24)27-17)29-11-19-25-15-7-6-13(8-16(15)26-19)28-12-4-2-1-3-5-12/h1-10H,11H2,(H2,24,27)(H,25,26). The molecule has 2 aromatic carbocycles. The lowest BCUT2D eigenvalue weighted by Gasteiger charge is -2.08. The molecule has 148 valence electrons. The Balaban J connectivity index is 1.50. The van der Waals surface area contributed by atoms with Gasteiger partial charge in [-0.3, -0.25) is 0 Å². The van der Waals surface area contributed by atoms with Crippen LogP contribution in [0.1, 0.15) is 11.5 Å². The Hall–Kier alpha value is -3.20. The number of nitrogens with two attached hydrogens (primary N) is 1. The smallest absolute Gasteiger partial charge is 0.433 e. The molecule has 4 rings (SSSR count). The second kappa shape index (κ2) is 7.67. The number of halogens is 3. The molecule has 0 amide bonds. The molecule has 0 fully saturated rings. The van der Waals surface area contributed by atoms with E-state index in [-0.39, 0.29) is 5.82 Å². The Bertz CT molecular complexity index is 1150. The molecule has 0 spiro atoms. The molecule has 2 heterocycles.